The first-order valence-electron chi connectivity index (χ1n) is 8.97. The fourth-order valence-corrected chi connectivity index (χ4v) is 4.15. The molecule has 0 fully saturated rings. The normalized spacial score (nSPS) is 16.3. The van der Waals surface area contributed by atoms with Gasteiger partial charge in [0.05, 0.1) is 24.5 Å². The van der Waals surface area contributed by atoms with E-state index in [1.165, 1.54) is 22.8 Å². The number of aryl methyl sites for hydroxylation is 1. The third kappa shape index (κ3) is 3.26. The molecule has 0 bridgehead atoms. The highest BCUT2D eigenvalue weighted by molar-refractivity contribution is 7.08. The number of amides is 1. The lowest BCUT2D eigenvalue weighted by Crippen LogP contribution is -2.31. The summed E-state index contributed by atoms with van der Waals surface area (Å²) in [5.41, 5.74) is 4.36. The van der Waals surface area contributed by atoms with Gasteiger partial charge in [0.2, 0.25) is 0 Å². The van der Waals surface area contributed by atoms with Gasteiger partial charge in [-0.25, -0.2) is 0 Å². The number of carbonyl (C=O) groups is 1. The number of fused-ring (bicyclic) bond motifs is 1. The number of benzene rings is 1. The maximum atomic E-state index is 12.7. The molecular formula is C19H21N5OS. The molecule has 1 N–H and O–H groups in total. The zero-order chi connectivity index (χ0) is 17.9. The van der Waals surface area contributed by atoms with Crippen LogP contribution in [0.2, 0.25) is 0 Å². The number of nitrogens with one attached hydrogen (secondary N) is 1. The number of aromatic nitrogens is 4. The summed E-state index contributed by atoms with van der Waals surface area (Å²) >= 11 is 1.17. The van der Waals surface area contributed by atoms with Gasteiger partial charge in [-0.05, 0) is 42.8 Å². The third-order valence-corrected chi connectivity index (χ3v) is 5.61. The van der Waals surface area contributed by atoms with Crippen LogP contribution in [-0.2, 0) is 19.4 Å². The third-order valence-electron chi connectivity index (χ3n) is 4.84. The standard InChI is InChI=1S/C19H21N5OS/c1-2-15-18(26-23-22-15)19(25)21-16-9-6-10-17-14(16)11-20-24(17)12-13-7-4-3-5-8-13/h3-5,7-8,11,16H,2,6,9-10,12H2,1H3,(H,21,25)/t16-/m0/s1. The van der Waals surface area contributed by atoms with Crippen LogP contribution in [0, 0.1) is 0 Å². The van der Waals surface area contributed by atoms with Crippen LogP contribution >= 0.6 is 11.5 Å². The van der Waals surface area contributed by atoms with Crippen LogP contribution in [0.3, 0.4) is 0 Å². The smallest absolute Gasteiger partial charge is 0.265 e. The van der Waals surface area contributed by atoms with Crippen molar-refractivity contribution in [2.75, 3.05) is 0 Å². The van der Waals surface area contributed by atoms with E-state index in [0.29, 0.717) is 11.3 Å². The minimum Gasteiger partial charge on any atom is -0.344 e. The van der Waals surface area contributed by atoms with Gasteiger partial charge in [0.1, 0.15) is 4.88 Å². The Morgan fingerprint density at radius 2 is 2.19 bits per heavy atom. The Hall–Kier alpha value is -2.54. The van der Waals surface area contributed by atoms with E-state index in [4.69, 9.17) is 0 Å². The Morgan fingerprint density at radius 1 is 1.35 bits per heavy atom. The molecule has 1 aliphatic carbocycles. The molecule has 0 spiro atoms. The Bertz CT molecular complexity index is 902. The average molecular weight is 367 g/mol. The Balaban J connectivity index is 1.54. The number of hydrogen-bond donors (Lipinski definition) is 1. The molecule has 1 atom stereocenters. The van der Waals surface area contributed by atoms with Gasteiger partial charge < -0.3 is 5.32 Å². The predicted octanol–water partition coefficient (Wildman–Crippen LogP) is 3.15. The lowest BCUT2D eigenvalue weighted by Gasteiger charge is -2.24. The zero-order valence-electron chi connectivity index (χ0n) is 14.7. The minimum absolute atomic E-state index is 0.00239. The summed E-state index contributed by atoms with van der Waals surface area (Å²) in [6, 6.07) is 10.3. The van der Waals surface area contributed by atoms with E-state index in [2.05, 4.69) is 36.8 Å². The van der Waals surface area contributed by atoms with E-state index in [1.807, 2.05) is 31.3 Å². The topological polar surface area (TPSA) is 72.7 Å². The fraction of sp³-hybridized carbons (Fsp3) is 0.368. The fourth-order valence-electron chi connectivity index (χ4n) is 3.50. The van der Waals surface area contributed by atoms with Crippen LogP contribution < -0.4 is 5.32 Å². The predicted molar refractivity (Wildman–Crippen MR) is 100 cm³/mol. The Labute approximate surface area is 156 Å². The molecule has 4 rings (SSSR count). The number of carbonyl (C=O) groups excluding carboxylic acids is 1. The first kappa shape index (κ1) is 16.9. The first-order chi connectivity index (χ1) is 12.8. The molecule has 26 heavy (non-hydrogen) atoms. The molecule has 2 heterocycles. The molecule has 7 heteroatoms. The van der Waals surface area contributed by atoms with E-state index >= 15 is 0 Å². The molecule has 0 aliphatic heterocycles. The van der Waals surface area contributed by atoms with Crippen molar-refractivity contribution in [3.63, 3.8) is 0 Å². The molecule has 0 radical (unpaired) electrons. The lowest BCUT2D eigenvalue weighted by molar-refractivity contribution is 0.0935. The average Bonchev–Trinajstić information content (AvgIpc) is 3.30. The van der Waals surface area contributed by atoms with Crippen molar-refractivity contribution in [3.8, 4) is 0 Å². The summed E-state index contributed by atoms with van der Waals surface area (Å²) in [5.74, 6) is -0.0782. The quantitative estimate of drug-likeness (QED) is 0.752. The van der Waals surface area contributed by atoms with Crippen molar-refractivity contribution < 1.29 is 4.79 Å². The van der Waals surface area contributed by atoms with E-state index in [1.54, 1.807) is 0 Å². The van der Waals surface area contributed by atoms with Crippen molar-refractivity contribution in [2.45, 2.75) is 45.2 Å². The summed E-state index contributed by atoms with van der Waals surface area (Å²) in [6.07, 6.45) is 5.60. The van der Waals surface area contributed by atoms with Gasteiger partial charge >= 0.3 is 0 Å². The van der Waals surface area contributed by atoms with Crippen molar-refractivity contribution in [2.24, 2.45) is 0 Å². The molecule has 0 saturated carbocycles. The van der Waals surface area contributed by atoms with Crippen LogP contribution in [0.1, 0.15) is 58.0 Å². The molecule has 6 nitrogen and oxygen atoms in total. The van der Waals surface area contributed by atoms with Crippen molar-refractivity contribution in [3.05, 3.63) is 63.9 Å². The number of nitrogens with zero attached hydrogens (tertiary/aromatic N) is 4. The largest absolute Gasteiger partial charge is 0.344 e. The maximum absolute atomic E-state index is 12.7. The molecule has 0 saturated heterocycles. The molecule has 1 aromatic carbocycles. The highest BCUT2D eigenvalue weighted by Gasteiger charge is 2.27. The molecule has 0 unspecified atom stereocenters. The number of hydrogen-bond acceptors (Lipinski definition) is 5. The first-order valence-corrected chi connectivity index (χ1v) is 9.74. The van der Waals surface area contributed by atoms with Gasteiger partial charge in [-0.1, -0.05) is 41.7 Å². The van der Waals surface area contributed by atoms with E-state index < -0.39 is 0 Å². The summed E-state index contributed by atoms with van der Waals surface area (Å²) in [4.78, 5) is 13.3. The highest BCUT2D eigenvalue weighted by Crippen LogP contribution is 2.30. The molecular weight excluding hydrogens is 346 g/mol. The minimum atomic E-state index is -0.0782. The second-order valence-electron chi connectivity index (χ2n) is 6.51. The van der Waals surface area contributed by atoms with Crippen molar-refractivity contribution in [1.82, 2.24) is 24.7 Å². The lowest BCUT2D eigenvalue weighted by atomic mass is 9.92. The summed E-state index contributed by atoms with van der Waals surface area (Å²) in [7, 11) is 0. The SMILES string of the molecule is CCc1nnsc1C(=O)N[C@H]1CCCc2c1cnn2Cc1ccccc1. The second-order valence-corrected chi connectivity index (χ2v) is 7.26. The van der Waals surface area contributed by atoms with Gasteiger partial charge in [0, 0.05) is 11.3 Å². The van der Waals surface area contributed by atoms with Crippen LogP contribution in [0.4, 0.5) is 0 Å². The van der Waals surface area contributed by atoms with E-state index in [9.17, 15) is 4.79 Å². The second kappa shape index (κ2) is 7.37. The summed E-state index contributed by atoms with van der Waals surface area (Å²) in [5, 5.41) is 11.8. The molecule has 2 aromatic heterocycles. The van der Waals surface area contributed by atoms with Gasteiger partial charge in [0.15, 0.2) is 0 Å². The van der Waals surface area contributed by atoms with Gasteiger partial charge in [-0.3, -0.25) is 9.48 Å². The van der Waals surface area contributed by atoms with Crippen LogP contribution in [0.15, 0.2) is 36.5 Å². The molecule has 1 aliphatic rings. The molecule has 134 valence electrons. The summed E-state index contributed by atoms with van der Waals surface area (Å²) < 4.78 is 5.98. The van der Waals surface area contributed by atoms with Crippen molar-refractivity contribution in [1.29, 1.82) is 0 Å². The monoisotopic (exact) mass is 367 g/mol. The van der Waals surface area contributed by atoms with Gasteiger partial charge in [-0.2, -0.15) is 5.10 Å². The van der Waals surface area contributed by atoms with Crippen LogP contribution in [0.25, 0.3) is 0 Å². The van der Waals surface area contributed by atoms with Gasteiger partial charge in [-0.15, -0.1) is 5.10 Å². The van der Waals surface area contributed by atoms with Gasteiger partial charge in [0.25, 0.3) is 5.91 Å². The van der Waals surface area contributed by atoms with E-state index in [-0.39, 0.29) is 11.9 Å². The van der Waals surface area contributed by atoms with Crippen molar-refractivity contribution >= 4 is 17.4 Å². The Morgan fingerprint density at radius 3 is 3.00 bits per heavy atom. The number of rotatable bonds is 5. The highest BCUT2D eigenvalue weighted by atomic mass is 32.1. The van der Waals surface area contributed by atoms with Crippen LogP contribution in [0.5, 0.6) is 0 Å². The van der Waals surface area contributed by atoms with Crippen LogP contribution in [-0.4, -0.2) is 25.3 Å². The molecule has 3 aromatic rings. The summed E-state index contributed by atoms with van der Waals surface area (Å²) in [6.45, 7) is 2.75. The maximum Gasteiger partial charge on any atom is 0.265 e. The van der Waals surface area contributed by atoms with E-state index in [0.717, 1.165) is 37.1 Å². The zero-order valence-corrected chi connectivity index (χ0v) is 15.5. The Kier molecular flexibility index (Phi) is 4.79. The molecule has 1 amide bonds.